The Balaban J connectivity index is 1.40. The number of nitrogens with one attached hydrogen (secondary N) is 1. The van der Waals surface area contributed by atoms with Gasteiger partial charge in [0, 0.05) is 17.3 Å². The van der Waals surface area contributed by atoms with Crippen molar-refractivity contribution < 1.29 is 4.79 Å². The van der Waals surface area contributed by atoms with Crippen molar-refractivity contribution in [3.8, 4) is 11.1 Å². The maximum atomic E-state index is 13.2. The van der Waals surface area contributed by atoms with Crippen molar-refractivity contribution in [2.75, 3.05) is 5.32 Å². The summed E-state index contributed by atoms with van der Waals surface area (Å²) in [7, 11) is 0. The van der Waals surface area contributed by atoms with E-state index in [1.165, 1.54) is 43.2 Å². The fourth-order valence-corrected chi connectivity index (χ4v) is 5.23. The van der Waals surface area contributed by atoms with E-state index in [1.54, 1.807) is 12.3 Å². The predicted octanol–water partition coefficient (Wildman–Crippen LogP) is 8.15. The summed E-state index contributed by atoms with van der Waals surface area (Å²) < 4.78 is 0. The molecule has 4 aromatic rings. The van der Waals surface area contributed by atoms with Gasteiger partial charge in [-0.2, -0.15) is 0 Å². The van der Waals surface area contributed by atoms with Crippen molar-refractivity contribution in [2.24, 2.45) is 0 Å². The Kier molecular flexibility index (Phi) is 6.71. The summed E-state index contributed by atoms with van der Waals surface area (Å²) in [6.07, 6.45) is 10.4. The molecule has 1 fully saturated rings. The molecule has 1 aromatic heterocycles. The van der Waals surface area contributed by atoms with Crippen LogP contribution < -0.4 is 5.32 Å². The van der Waals surface area contributed by atoms with Gasteiger partial charge in [0.1, 0.15) is 0 Å². The van der Waals surface area contributed by atoms with Crippen LogP contribution >= 0.6 is 0 Å². The van der Waals surface area contributed by atoms with Gasteiger partial charge in [-0.05, 0) is 65.6 Å². The number of benzene rings is 3. The molecule has 1 aliphatic rings. The highest BCUT2D eigenvalue weighted by molar-refractivity contribution is 6.12. The second-order valence-electron chi connectivity index (χ2n) is 9.41. The van der Waals surface area contributed by atoms with Crippen molar-refractivity contribution in [2.45, 2.75) is 57.8 Å². The van der Waals surface area contributed by atoms with Gasteiger partial charge in [0.05, 0.1) is 11.1 Å². The first-order valence-electron chi connectivity index (χ1n) is 12.6. The number of amides is 1. The summed E-state index contributed by atoms with van der Waals surface area (Å²) in [6.45, 7) is 2.15. The average molecular weight is 449 g/mol. The van der Waals surface area contributed by atoms with Gasteiger partial charge in [-0.3, -0.25) is 9.78 Å². The summed E-state index contributed by atoms with van der Waals surface area (Å²) in [6, 6.07) is 25.1. The zero-order chi connectivity index (χ0) is 23.3. The van der Waals surface area contributed by atoms with Crippen molar-refractivity contribution in [1.29, 1.82) is 0 Å². The summed E-state index contributed by atoms with van der Waals surface area (Å²) in [5.74, 6) is 0.616. The molecule has 1 amide bonds. The van der Waals surface area contributed by atoms with Crippen LogP contribution in [-0.2, 0) is 6.42 Å². The first kappa shape index (κ1) is 22.3. The van der Waals surface area contributed by atoms with Gasteiger partial charge in [0.15, 0.2) is 0 Å². The maximum Gasteiger partial charge on any atom is 0.256 e. The average Bonchev–Trinajstić information content (AvgIpc) is 2.90. The Morgan fingerprint density at radius 2 is 1.68 bits per heavy atom. The molecule has 172 valence electrons. The van der Waals surface area contributed by atoms with E-state index < -0.39 is 0 Å². The van der Waals surface area contributed by atoms with Crippen LogP contribution in [0.5, 0.6) is 0 Å². The Hall–Kier alpha value is -3.46. The van der Waals surface area contributed by atoms with Crippen LogP contribution in [0.2, 0.25) is 0 Å². The lowest BCUT2D eigenvalue weighted by Crippen LogP contribution is -2.14. The standard InChI is InChI=1S/C31H32N2O/c1-2-8-25-11-6-7-12-29(25)33-31(34)28-19-20-32-30-21-26(17-18-27(28)30)24-15-13-23(14-16-24)22-9-4-3-5-10-22/h6-7,11-22H,2-5,8-10H2,1H3,(H,33,34). The lowest BCUT2D eigenvalue weighted by atomic mass is 9.83. The summed E-state index contributed by atoms with van der Waals surface area (Å²) in [5, 5.41) is 3.99. The van der Waals surface area contributed by atoms with Gasteiger partial charge in [0.25, 0.3) is 5.91 Å². The topological polar surface area (TPSA) is 42.0 Å². The van der Waals surface area contributed by atoms with Crippen molar-refractivity contribution in [1.82, 2.24) is 4.98 Å². The minimum atomic E-state index is -0.0967. The SMILES string of the molecule is CCCc1ccccc1NC(=O)c1ccnc2cc(-c3ccc(C4CCCCC4)cc3)ccc12. The number of aryl methyl sites for hydroxylation is 1. The minimum absolute atomic E-state index is 0.0967. The number of para-hydroxylation sites is 1. The zero-order valence-electron chi connectivity index (χ0n) is 19.9. The van der Waals surface area contributed by atoms with E-state index in [-0.39, 0.29) is 5.91 Å². The van der Waals surface area contributed by atoms with E-state index >= 15 is 0 Å². The van der Waals surface area contributed by atoms with Crippen LogP contribution in [0.3, 0.4) is 0 Å². The Bertz CT molecular complexity index is 1290. The summed E-state index contributed by atoms with van der Waals surface area (Å²) in [4.78, 5) is 17.8. The molecule has 1 saturated carbocycles. The lowest BCUT2D eigenvalue weighted by molar-refractivity contribution is 0.102. The van der Waals surface area contributed by atoms with Gasteiger partial charge in [-0.15, -0.1) is 0 Å². The molecular formula is C31H32N2O. The highest BCUT2D eigenvalue weighted by atomic mass is 16.1. The third kappa shape index (κ3) is 4.75. The predicted molar refractivity (Wildman–Crippen MR) is 141 cm³/mol. The quantitative estimate of drug-likeness (QED) is 0.323. The van der Waals surface area contributed by atoms with Gasteiger partial charge in [-0.25, -0.2) is 0 Å². The first-order valence-corrected chi connectivity index (χ1v) is 12.6. The van der Waals surface area contributed by atoms with E-state index in [4.69, 9.17) is 0 Å². The van der Waals surface area contributed by atoms with E-state index in [2.05, 4.69) is 59.7 Å². The third-order valence-corrected chi connectivity index (χ3v) is 7.09. The summed E-state index contributed by atoms with van der Waals surface area (Å²) >= 11 is 0. The number of aromatic nitrogens is 1. The lowest BCUT2D eigenvalue weighted by Gasteiger charge is -2.22. The van der Waals surface area contributed by atoms with Gasteiger partial charge in [0.2, 0.25) is 0 Å². The van der Waals surface area contributed by atoms with Crippen LogP contribution in [0.4, 0.5) is 5.69 Å². The monoisotopic (exact) mass is 448 g/mol. The first-order chi connectivity index (χ1) is 16.7. The number of nitrogens with zero attached hydrogens (tertiary/aromatic N) is 1. The maximum absolute atomic E-state index is 13.2. The normalized spacial score (nSPS) is 14.3. The Morgan fingerprint density at radius 1 is 0.912 bits per heavy atom. The molecule has 0 spiro atoms. The smallest absolute Gasteiger partial charge is 0.256 e. The molecule has 3 aromatic carbocycles. The van der Waals surface area contributed by atoms with Crippen LogP contribution in [0.1, 0.15) is 72.9 Å². The molecule has 1 heterocycles. The molecule has 1 aliphatic carbocycles. The highest BCUT2D eigenvalue weighted by Gasteiger charge is 2.16. The second-order valence-corrected chi connectivity index (χ2v) is 9.41. The van der Waals surface area contributed by atoms with Gasteiger partial charge >= 0.3 is 0 Å². The van der Waals surface area contributed by atoms with Crippen molar-refractivity contribution in [3.05, 3.63) is 95.7 Å². The van der Waals surface area contributed by atoms with Crippen LogP contribution in [0.25, 0.3) is 22.0 Å². The van der Waals surface area contributed by atoms with Crippen LogP contribution in [0, 0.1) is 0 Å². The second kappa shape index (κ2) is 10.2. The number of hydrogen-bond donors (Lipinski definition) is 1. The van der Waals surface area contributed by atoms with E-state index in [0.29, 0.717) is 11.5 Å². The molecule has 3 nitrogen and oxygen atoms in total. The number of pyridine rings is 1. The Labute approximate surface area is 202 Å². The van der Waals surface area contributed by atoms with E-state index in [9.17, 15) is 4.79 Å². The molecular weight excluding hydrogens is 416 g/mol. The molecule has 0 saturated heterocycles. The largest absolute Gasteiger partial charge is 0.322 e. The van der Waals surface area contributed by atoms with Crippen molar-refractivity contribution in [3.63, 3.8) is 0 Å². The fraction of sp³-hybridized carbons (Fsp3) is 0.290. The number of hydrogen-bond acceptors (Lipinski definition) is 2. The van der Waals surface area contributed by atoms with Crippen LogP contribution in [-0.4, -0.2) is 10.9 Å². The van der Waals surface area contributed by atoms with E-state index in [0.717, 1.165) is 40.6 Å². The van der Waals surface area contributed by atoms with Crippen molar-refractivity contribution >= 4 is 22.5 Å². The van der Waals surface area contributed by atoms with Gasteiger partial charge in [-0.1, -0.05) is 87.2 Å². The number of carbonyl (C=O) groups is 1. The molecule has 0 atom stereocenters. The third-order valence-electron chi connectivity index (χ3n) is 7.09. The summed E-state index contributed by atoms with van der Waals surface area (Å²) in [5.41, 5.74) is 7.31. The number of carbonyl (C=O) groups excluding carboxylic acids is 1. The van der Waals surface area contributed by atoms with Crippen LogP contribution in [0.15, 0.2) is 79.0 Å². The fourth-order valence-electron chi connectivity index (χ4n) is 5.23. The zero-order valence-corrected chi connectivity index (χ0v) is 19.9. The minimum Gasteiger partial charge on any atom is -0.322 e. The number of rotatable bonds is 6. The highest BCUT2D eigenvalue weighted by Crippen LogP contribution is 2.34. The molecule has 0 unspecified atom stereocenters. The molecule has 1 N–H and O–H groups in total. The van der Waals surface area contributed by atoms with Gasteiger partial charge < -0.3 is 5.32 Å². The van der Waals surface area contributed by atoms with E-state index in [1.807, 2.05) is 24.3 Å². The molecule has 3 heteroatoms. The molecule has 0 radical (unpaired) electrons. The molecule has 5 rings (SSSR count). The molecule has 34 heavy (non-hydrogen) atoms. The molecule has 0 aliphatic heterocycles. The Morgan fingerprint density at radius 3 is 2.47 bits per heavy atom. The number of fused-ring (bicyclic) bond motifs is 1. The molecule has 0 bridgehead atoms. The number of anilines is 1.